The minimum absolute atomic E-state index is 0.0467. The smallest absolute Gasteiger partial charge is 0.272 e. The van der Waals surface area contributed by atoms with Gasteiger partial charge in [0.25, 0.3) is 11.8 Å². The zero-order chi connectivity index (χ0) is 21.0. The highest BCUT2D eigenvalue weighted by atomic mass is 16.5. The summed E-state index contributed by atoms with van der Waals surface area (Å²) in [6, 6.07) is 8.98. The second-order valence-corrected chi connectivity index (χ2v) is 7.06. The number of nitrogens with zero attached hydrogens (tertiary/aromatic N) is 2. The number of methoxy groups -OCH3 is 1. The lowest BCUT2D eigenvalue weighted by Gasteiger charge is -2.33. The zero-order valence-electron chi connectivity index (χ0n) is 16.6. The van der Waals surface area contributed by atoms with Crippen molar-refractivity contribution in [2.75, 3.05) is 20.2 Å². The molecule has 1 saturated heterocycles. The quantitative estimate of drug-likeness (QED) is 0.540. The molecule has 2 aromatic rings. The van der Waals surface area contributed by atoms with E-state index in [1.807, 2.05) is 24.0 Å². The van der Waals surface area contributed by atoms with Gasteiger partial charge in [0, 0.05) is 19.3 Å². The molecule has 0 saturated carbocycles. The second-order valence-electron chi connectivity index (χ2n) is 7.06. The molecule has 3 rings (SSSR count). The summed E-state index contributed by atoms with van der Waals surface area (Å²) in [7, 11) is 1.51. The molecule has 0 spiro atoms. The molecule has 0 radical (unpaired) electrons. The molecule has 8 heteroatoms. The first kappa shape index (κ1) is 20.3. The van der Waals surface area contributed by atoms with Gasteiger partial charge in [0.05, 0.1) is 12.7 Å². The van der Waals surface area contributed by atoms with Gasteiger partial charge in [0.2, 0.25) is 0 Å². The molecule has 1 fully saturated rings. The van der Waals surface area contributed by atoms with E-state index in [0.717, 1.165) is 24.0 Å². The highest BCUT2D eigenvalue weighted by Gasteiger charge is 2.27. The number of nitrogens with one attached hydrogen (secondary N) is 2. The average molecular weight is 395 g/mol. The van der Waals surface area contributed by atoms with Crippen LogP contribution in [-0.2, 0) is 0 Å². The Morgan fingerprint density at radius 1 is 1.28 bits per heavy atom. The fourth-order valence-electron chi connectivity index (χ4n) is 3.72. The van der Waals surface area contributed by atoms with Crippen LogP contribution in [0.5, 0.6) is 5.75 Å². The largest absolute Gasteiger partial charge is 0.496 e. The maximum atomic E-state index is 12.6. The van der Waals surface area contributed by atoms with Crippen LogP contribution in [0.25, 0.3) is 0 Å². The summed E-state index contributed by atoms with van der Waals surface area (Å²) in [5.74, 6) is -0.226. The maximum absolute atomic E-state index is 12.6. The minimum atomic E-state index is -0.472. The number of hydrogen-bond acceptors (Lipinski definition) is 5. The van der Waals surface area contributed by atoms with Crippen molar-refractivity contribution in [1.29, 1.82) is 5.41 Å². The van der Waals surface area contributed by atoms with E-state index in [4.69, 9.17) is 15.9 Å². The number of carbonyl (C=O) groups is 2. The monoisotopic (exact) mass is 395 g/mol. The number of amides is 2. The number of ether oxygens (including phenoxy) is 1. The molecule has 1 aromatic heterocycles. The Hall–Kier alpha value is -3.42. The molecule has 0 atom stereocenters. The van der Waals surface area contributed by atoms with Crippen LogP contribution in [0.1, 0.15) is 50.7 Å². The third-order valence-corrected chi connectivity index (χ3v) is 5.19. The molecule has 2 amide bonds. The van der Waals surface area contributed by atoms with Gasteiger partial charge in [0.1, 0.15) is 11.4 Å². The molecule has 4 N–H and O–H groups in total. The number of hydrogen-bond donors (Lipinski definition) is 3. The van der Waals surface area contributed by atoms with Crippen molar-refractivity contribution >= 4 is 17.8 Å². The molecule has 0 unspecified atom stereocenters. The van der Waals surface area contributed by atoms with E-state index in [-0.39, 0.29) is 11.8 Å². The number of nitrogens with two attached hydrogens (primary N) is 1. The molecule has 8 nitrogen and oxygen atoms in total. The number of likely N-dealkylation sites (tertiary alicyclic amines) is 1. The van der Waals surface area contributed by atoms with Gasteiger partial charge in [-0.15, -0.1) is 0 Å². The molecular weight excluding hydrogens is 370 g/mol. The highest BCUT2D eigenvalue weighted by Crippen LogP contribution is 2.34. The molecule has 1 aliphatic rings. The van der Waals surface area contributed by atoms with E-state index < -0.39 is 11.9 Å². The number of aryl methyl sites for hydroxylation is 1. The van der Waals surface area contributed by atoms with Crippen molar-refractivity contribution in [2.24, 2.45) is 5.73 Å². The third kappa shape index (κ3) is 4.53. The Bertz CT molecular complexity index is 921. The van der Waals surface area contributed by atoms with E-state index >= 15 is 0 Å². The van der Waals surface area contributed by atoms with Crippen LogP contribution >= 0.6 is 0 Å². The van der Waals surface area contributed by atoms with Gasteiger partial charge in [-0.25, -0.2) is 0 Å². The predicted molar refractivity (Wildman–Crippen MR) is 109 cm³/mol. The maximum Gasteiger partial charge on any atom is 0.272 e. The molecular formula is C21H25N5O3. The number of carbonyl (C=O) groups excluding carboxylic acids is 2. The molecule has 152 valence electrons. The third-order valence-electron chi connectivity index (χ3n) is 5.19. The summed E-state index contributed by atoms with van der Waals surface area (Å²) in [4.78, 5) is 30.8. The lowest BCUT2D eigenvalue weighted by atomic mass is 9.85. The number of aromatic nitrogens is 1. The first-order chi connectivity index (χ1) is 13.9. The topological polar surface area (TPSA) is 121 Å². The number of piperidine rings is 1. The fourth-order valence-corrected chi connectivity index (χ4v) is 3.72. The van der Waals surface area contributed by atoms with Crippen molar-refractivity contribution in [3.8, 4) is 5.75 Å². The highest BCUT2D eigenvalue weighted by molar-refractivity contribution is 6.06. The predicted octanol–water partition coefficient (Wildman–Crippen LogP) is 2.04. The van der Waals surface area contributed by atoms with E-state index in [1.54, 1.807) is 24.4 Å². The fraction of sp³-hybridized carbons (Fsp3) is 0.333. The van der Waals surface area contributed by atoms with E-state index in [9.17, 15) is 9.59 Å². The second kappa shape index (κ2) is 8.72. The van der Waals surface area contributed by atoms with Crippen molar-refractivity contribution in [2.45, 2.75) is 25.7 Å². The standard InChI is InChI=1S/C21H25N5O3/c1-13-11-16(19(27)25-21(22)23)18(29-2)12-15(13)14-6-9-26(10-7-14)20(28)17-5-3-4-8-24-17/h3-5,8,11-12,14H,6-7,9-10H2,1-2H3,(H4,22,23,25,27). The van der Waals surface area contributed by atoms with Gasteiger partial charge in [0.15, 0.2) is 5.96 Å². The van der Waals surface area contributed by atoms with Crippen LogP contribution in [0.15, 0.2) is 36.5 Å². The lowest BCUT2D eigenvalue weighted by Crippen LogP contribution is -2.38. The van der Waals surface area contributed by atoms with E-state index in [1.165, 1.54) is 7.11 Å². The molecule has 29 heavy (non-hydrogen) atoms. The summed E-state index contributed by atoms with van der Waals surface area (Å²) in [5.41, 5.74) is 8.13. The van der Waals surface area contributed by atoms with Crippen LogP contribution < -0.4 is 15.8 Å². The van der Waals surface area contributed by atoms with Gasteiger partial charge in [-0.1, -0.05) is 6.07 Å². The Kier molecular flexibility index (Phi) is 6.11. The lowest BCUT2D eigenvalue weighted by molar-refractivity contribution is 0.0706. The summed E-state index contributed by atoms with van der Waals surface area (Å²) in [6.45, 7) is 3.24. The normalized spacial score (nSPS) is 14.3. The minimum Gasteiger partial charge on any atom is -0.496 e. The zero-order valence-corrected chi connectivity index (χ0v) is 16.6. The van der Waals surface area contributed by atoms with Crippen molar-refractivity contribution in [1.82, 2.24) is 15.2 Å². The number of guanidine groups is 1. The number of benzene rings is 1. The van der Waals surface area contributed by atoms with Crippen LogP contribution in [0.4, 0.5) is 0 Å². The Labute approximate surface area is 169 Å². The van der Waals surface area contributed by atoms with Crippen molar-refractivity contribution in [3.63, 3.8) is 0 Å². The molecule has 0 aliphatic carbocycles. The van der Waals surface area contributed by atoms with Gasteiger partial charge < -0.3 is 15.4 Å². The summed E-state index contributed by atoms with van der Waals surface area (Å²) >= 11 is 0. The summed E-state index contributed by atoms with van der Waals surface area (Å²) in [5, 5.41) is 9.53. The van der Waals surface area contributed by atoms with Gasteiger partial charge in [-0.2, -0.15) is 0 Å². The average Bonchev–Trinajstić information content (AvgIpc) is 2.73. The van der Waals surface area contributed by atoms with E-state index in [2.05, 4.69) is 10.3 Å². The van der Waals surface area contributed by atoms with Gasteiger partial charge >= 0.3 is 0 Å². The number of pyridine rings is 1. The van der Waals surface area contributed by atoms with Crippen LogP contribution in [0.3, 0.4) is 0 Å². The summed E-state index contributed by atoms with van der Waals surface area (Å²) in [6.07, 6.45) is 3.27. The first-order valence-corrected chi connectivity index (χ1v) is 9.45. The van der Waals surface area contributed by atoms with E-state index in [0.29, 0.717) is 30.1 Å². The Balaban J connectivity index is 1.74. The Morgan fingerprint density at radius 3 is 2.59 bits per heavy atom. The summed E-state index contributed by atoms with van der Waals surface area (Å²) < 4.78 is 5.41. The van der Waals surface area contributed by atoms with Gasteiger partial charge in [-0.05, 0) is 61.1 Å². The first-order valence-electron chi connectivity index (χ1n) is 9.45. The number of rotatable bonds is 4. The molecule has 1 aromatic carbocycles. The SMILES string of the molecule is COc1cc(C2CCN(C(=O)c3ccccn3)CC2)c(C)cc1C(=O)NC(=N)N. The molecule has 1 aliphatic heterocycles. The van der Waals surface area contributed by atoms with Crippen LogP contribution in [-0.4, -0.2) is 47.9 Å². The van der Waals surface area contributed by atoms with Crippen molar-refractivity contribution < 1.29 is 14.3 Å². The molecule has 2 heterocycles. The van der Waals surface area contributed by atoms with Crippen LogP contribution in [0, 0.1) is 12.3 Å². The Morgan fingerprint density at radius 2 is 2.00 bits per heavy atom. The van der Waals surface area contributed by atoms with Gasteiger partial charge in [-0.3, -0.25) is 25.3 Å². The van der Waals surface area contributed by atoms with Crippen LogP contribution in [0.2, 0.25) is 0 Å². The van der Waals surface area contributed by atoms with Crippen molar-refractivity contribution in [3.05, 3.63) is 58.9 Å². The molecule has 0 bridgehead atoms.